The van der Waals surface area contributed by atoms with E-state index in [9.17, 15) is 9.59 Å². The molecule has 0 spiro atoms. The molecule has 2 amide bonds. The van der Waals surface area contributed by atoms with Crippen LogP contribution < -0.4 is 20.6 Å². The van der Waals surface area contributed by atoms with E-state index in [1.807, 2.05) is 47.4 Å². The largest absolute Gasteiger partial charge is 0.444 e. The van der Waals surface area contributed by atoms with Crippen molar-refractivity contribution in [2.45, 2.75) is 31.9 Å². The number of carbonyl (C=O) groups is 2. The second-order valence-electron chi connectivity index (χ2n) is 8.98. The van der Waals surface area contributed by atoms with Crippen molar-refractivity contribution in [1.29, 1.82) is 0 Å². The zero-order valence-corrected chi connectivity index (χ0v) is 20.3. The standard InChI is InChI=1S/C26H30N6O4/c1-35-30-22-14-18(25(33)28-11-8-20-15-27-17-29-20)6-7-24(22)31-12-9-21(10-13-31)32-23-5-3-2-4-19(23)16-36-26(32)34/h2-7,14-15,17,21,30H,8-13,16H2,1H3,(H,27,29)(H,28,33)/p+1. The summed E-state index contributed by atoms with van der Waals surface area (Å²) < 4.78 is 5.43. The van der Waals surface area contributed by atoms with Crippen molar-refractivity contribution in [2.75, 3.05) is 36.5 Å². The Morgan fingerprint density at radius 2 is 2.06 bits per heavy atom. The third kappa shape index (κ3) is 5.05. The molecule has 1 saturated heterocycles. The third-order valence-corrected chi connectivity index (χ3v) is 6.74. The van der Waals surface area contributed by atoms with Gasteiger partial charge in [-0.25, -0.2) is 14.6 Å². The van der Waals surface area contributed by atoms with Crippen molar-refractivity contribution >= 4 is 29.1 Å². The molecule has 4 N–H and O–H groups in total. The number of imidazole rings is 1. The number of aromatic amines is 1. The van der Waals surface area contributed by atoms with E-state index in [1.54, 1.807) is 25.1 Å². The number of hydrogen-bond donors (Lipinski definition) is 3. The molecule has 3 heterocycles. The van der Waals surface area contributed by atoms with Crippen LogP contribution in [-0.4, -0.2) is 54.8 Å². The summed E-state index contributed by atoms with van der Waals surface area (Å²) in [4.78, 5) is 41.8. The Kier molecular flexibility index (Phi) is 7.15. The number of nitrogens with zero attached hydrogens (tertiary/aromatic N) is 3. The summed E-state index contributed by atoms with van der Waals surface area (Å²) in [6, 6.07) is 13.7. The number of H-pyrrole nitrogens is 1. The number of nitrogens with one attached hydrogen (secondary N) is 2. The number of benzene rings is 2. The molecule has 10 nitrogen and oxygen atoms in total. The first-order valence-electron chi connectivity index (χ1n) is 12.2. The van der Waals surface area contributed by atoms with E-state index in [4.69, 9.17) is 9.57 Å². The van der Waals surface area contributed by atoms with Crippen LogP contribution in [0.15, 0.2) is 55.0 Å². The lowest BCUT2D eigenvalue weighted by atomic mass is 9.99. The van der Waals surface area contributed by atoms with Crippen LogP contribution >= 0.6 is 0 Å². The predicted molar refractivity (Wildman–Crippen MR) is 134 cm³/mol. The van der Waals surface area contributed by atoms with Gasteiger partial charge < -0.3 is 19.9 Å². The number of cyclic esters (lactones) is 1. The van der Waals surface area contributed by atoms with Gasteiger partial charge in [-0.15, -0.1) is 0 Å². The van der Waals surface area contributed by atoms with Gasteiger partial charge >= 0.3 is 6.09 Å². The first-order valence-corrected chi connectivity index (χ1v) is 12.2. The summed E-state index contributed by atoms with van der Waals surface area (Å²) in [7, 11) is 1.60. The molecule has 2 aromatic carbocycles. The van der Waals surface area contributed by atoms with Crippen LogP contribution in [0.3, 0.4) is 0 Å². The molecule has 0 atom stereocenters. The zero-order valence-electron chi connectivity index (χ0n) is 20.3. The Hall–Kier alpha value is -3.89. The maximum atomic E-state index is 12.7. The van der Waals surface area contributed by atoms with Crippen molar-refractivity contribution in [1.82, 2.24) is 15.3 Å². The smallest absolute Gasteiger partial charge is 0.414 e. The molecule has 10 heteroatoms. The zero-order chi connectivity index (χ0) is 24.9. The first-order chi connectivity index (χ1) is 17.6. The molecule has 5 rings (SSSR count). The molecule has 36 heavy (non-hydrogen) atoms. The van der Waals surface area contributed by atoms with Gasteiger partial charge in [0.25, 0.3) is 5.91 Å². The number of aromatic nitrogens is 2. The third-order valence-electron chi connectivity index (χ3n) is 6.74. The predicted octanol–water partition coefficient (Wildman–Crippen LogP) is 2.26. The number of rotatable bonds is 8. The summed E-state index contributed by atoms with van der Waals surface area (Å²) in [6.07, 6.45) is 5.41. The molecule has 2 aliphatic rings. The molecule has 2 aliphatic heterocycles. The Bertz CT molecular complexity index is 1210. The highest BCUT2D eigenvalue weighted by Crippen LogP contribution is 2.33. The molecule has 1 aromatic heterocycles. The summed E-state index contributed by atoms with van der Waals surface area (Å²) >= 11 is 0. The summed E-state index contributed by atoms with van der Waals surface area (Å²) in [6.45, 7) is 2.39. The van der Waals surface area contributed by atoms with E-state index in [1.165, 1.54) is 0 Å². The minimum absolute atomic E-state index is 0.0741. The van der Waals surface area contributed by atoms with Gasteiger partial charge in [0.2, 0.25) is 0 Å². The van der Waals surface area contributed by atoms with Crippen LogP contribution in [0.25, 0.3) is 0 Å². The molecular formula is C26H31N6O4+. The molecule has 1 fully saturated rings. The van der Waals surface area contributed by atoms with Crippen molar-refractivity contribution in [3.8, 4) is 0 Å². The van der Waals surface area contributed by atoms with Crippen molar-refractivity contribution < 1.29 is 24.6 Å². The van der Waals surface area contributed by atoms with Crippen molar-refractivity contribution in [2.24, 2.45) is 0 Å². The Balaban J connectivity index is 1.24. The van der Waals surface area contributed by atoms with Crippen LogP contribution in [0.4, 0.5) is 21.9 Å². The highest BCUT2D eigenvalue weighted by atomic mass is 16.6. The minimum atomic E-state index is -0.275. The Morgan fingerprint density at radius 1 is 1.22 bits per heavy atom. The van der Waals surface area contributed by atoms with Crippen molar-refractivity contribution in [3.05, 3.63) is 71.8 Å². The first kappa shape index (κ1) is 23.8. The molecular weight excluding hydrogens is 460 g/mol. The van der Waals surface area contributed by atoms with Gasteiger partial charge in [0.1, 0.15) is 12.3 Å². The number of amides is 2. The van der Waals surface area contributed by atoms with Crippen LogP contribution in [0, 0.1) is 0 Å². The van der Waals surface area contributed by atoms with E-state index in [2.05, 4.69) is 20.2 Å². The quantitative estimate of drug-likeness (QED) is 0.329. The fourth-order valence-electron chi connectivity index (χ4n) is 4.93. The molecule has 188 valence electrons. The highest BCUT2D eigenvalue weighted by molar-refractivity contribution is 5.95. The van der Waals surface area contributed by atoms with Crippen LogP contribution in [0.5, 0.6) is 0 Å². The second kappa shape index (κ2) is 10.8. The average Bonchev–Trinajstić information content (AvgIpc) is 3.43. The fraction of sp³-hybridized carbons (Fsp3) is 0.346. The van der Waals surface area contributed by atoms with E-state index < -0.39 is 0 Å². The van der Waals surface area contributed by atoms with Gasteiger partial charge in [0, 0.05) is 61.2 Å². The number of hydrogen-bond acceptors (Lipinski definition) is 6. The number of anilines is 2. The molecule has 3 aromatic rings. The molecule has 0 saturated carbocycles. The van der Waals surface area contributed by atoms with Crippen LogP contribution in [0.1, 0.15) is 34.5 Å². The SMILES string of the molecule is CO[NH2+]c1cc(C(=O)NCCc2cnc[nH]2)ccc1N1CCC(N2C(=O)OCc3ccccc32)CC1. The average molecular weight is 492 g/mol. The molecule has 0 unspecified atom stereocenters. The van der Waals surface area contributed by atoms with E-state index in [-0.39, 0.29) is 18.0 Å². The van der Waals surface area contributed by atoms with E-state index >= 15 is 0 Å². The summed E-state index contributed by atoms with van der Waals surface area (Å²) in [5, 5.41) is 2.96. The van der Waals surface area contributed by atoms with Crippen molar-refractivity contribution in [3.63, 3.8) is 0 Å². The molecule has 0 radical (unpaired) electrons. The van der Waals surface area contributed by atoms with Crippen LogP contribution in [0.2, 0.25) is 0 Å². The Labute approximate surface area is 209 Å². The monoisotopic (exact) mass is 491 g/mol. The lowest BCUT2D eigenvalue weighted by Crippen LogP contribution is -2.76. The lowest BCUT2D eigenvalue weighted by Gasteiger charge is -2.40. The highest BCUT2D eigenvalue weighted by Gasteiger charge is 2.34. The van der Waals surface area contributed by atoms with Gasteiger partial charge in [-0.2, -0.15) is 5.48 Å². The normalized spacial score (nSPS) is 16.0. The fourth-order valence-corrected chi connectivity index (χ4v) is 4.93. The number of fused-ring (bicyclic) bond motifs is 1. The number of quaternary nitrogens is 1. The summed E-state index contributed by atoms with van der Waals surface area (Å²) in [5.41, 5.74) is 7.06. The van der Waals surface area contributed by atoms with Gasteiger partial charge in [-0.1, -0.05) is 18.2 Å². The molecule has 0 aliphatic carbocycles. The summed E-state index contributed by atoms with van der Waals surface area (Å²) in [5.74, 6) is -0.132. The number of ether oxygens (including phenoxy) is 1. The topological polar surface area (TPSA) is 116 Å². The lowest BCUT2D eigenvalue weighted by molar-refractivity contribution is -0.829. The van der Waals surface area contributed by atoms with Gasteiger partial charge in [-0.05, 0) is 31.0 Å². The van der Waals surface area contributed by atoms with E-state index in [0.29, 0.717) is 25.1 Å². The van der Waals surface area contributed by atoms with Gasteiger partial charge in [0.05, 0.1) is 19.1 Å². The number of carbonyl (C=O) groups excluding carboxylic acids is 2. The Morgan fingerprint density at radius 3 is 2.83 bits per heavy atom. The number of piperidine rings is 1. The number of para-hydroxylation sites is 1. The van der Waals surface area contributed by atoms with E-state index in [0.717, 1.165) is 54.3 Å². The minimum Gasteiger partial charge on any atom is -0.444 e. The van der Waals surface area contributed by atoms with Gasteiger partial charge in [-0.3, -0.25) is 9.69 Å². The maximum Gasteiger partial charge on any atom is 0.414 e. The maximum absolute atomic E-state index is 12.7. The van der Waals surface area contributed by atoms with Gasteiger partial charge in [0.15, 0.2) is 5.69 Å². The van der Waals surface area contributed by atoms with Crippen LogP contribution in [-0.2, 0) is 22.6 Å². The number of nitrogens with two attached hydrogens (primary N) is 1. The second-order valence-corrected chi connectivity index (χ2v) is 8.98. The molecule has 0 bridgehead atoms.